The van der Waals surface area contributed by atoms with E-state index in [0.29, 0.717) is 12.6 Å². The SMILES string of the molecule is Cc1ccc(C(CN)N2CCN(C)C(C)(C)C2)s1. The molecule has 1 fully saturated rings. The molecule has 3 nitrogen and oxygen atoms in total. The third kappa shape index (κ3) is 2.77. The van der Waals surface area contributed by atoms with E-state index in [9.17, 15) is 0 Å². The average molecular weight is 267 g/mol. The number of likely N-dealkylation sites (N-methyl/N-ethyl adjacent to an activating group) is 1. The summed E-state index contributed by atoms with van der Waals surface area (Å²) in [6, 6.07) is 4.82. The second-order valence-electron chi connectivity index (χ2n) is 5.90. The lowest BCUT2D eigenvalue weighted by Crippen LogP contribution is -2.58. The monoisotopic (exact) mass is 267 g/mol. The topological polar surface area (TPSA) is 32.5 Å². The van der Waals surface area contributed by atoms with Crippen molar-refractivity contribution < 1.29 is 0 Å². The normalized spacial score (nSPS) is 23.2. The molecule has 1 aromatic heterocycles. The second kappa shape index (κ2) is 5.29. The summed E-state index contributed by atoms with van der Waals surface area (Å²) in [5, 5.41) is 0. The lowest BCUT2D eigenvalue weighted by molar-refractivity contribution is 0.0188. The molecule has 4 heteroatoms. The van der Waals surface area contributed by atoms with E-state index < -0.39 is 0 Å². The Kier molecular flexibility index (Phi) is 4.11. The highest BCUT2D eigenvalue weighted by molar-refractivity contribution is 7.12. The highest BCUT2D eigenvalue weighted by Crippen LogP contribution is 2.30. The molecule has 1 aromatic rings. The first kappa shape index (κ1) is 14.0. The second-order valence-corrected chi connectivity index (χ2v) is 7.22. The molecular weight excluding hydrogens is 242 g/mol. The number of rotatable bonds is 3. The molecule has 0 bridgehead atoms. The average Bonchev–Trinajstić information content (AvgIpc) is 2.71. The molecule has 102 valence electrons. The summed E-state index contributed by atoms with van der Waals surface area (Å²) in [5.41, 5.74) is 6.25. The molecule has 1 atom stereocenters. The van der Waals surface area contributed by atoms with Crippen molar-refractivity contribution in [1.29, 1.82) is 0 Å². The van der Waals surface area contributed by atoms with Gasteiger partial charge in [-0.05, 0) is 40.0 Å². The van der Waals surface area contributed by atoms with Gasteiger partial charge in [0.15, 0.2) is 0 Å². The van der Waals surface area contributed by atoms with Gasteiger partial charge in [-0.2, -0.15) is 0 Å². The summed E-state index contributed by atoms with van der Waals surface area (Å²) < 4.78 is 0. The molecule has 0 spiro atoms. The van der Waals surface area contributed by atoms with Gasteiger partial charge in [0.1, 0.15) is 0 Å². The molecule has 2 rings (SSSR count). The molecule has 1 saturated heterocycles. The Labute approximate surface area is 115 Å². The van der Waals surface area contributed by atoms with Crippen molar-refractivity contribution in [3.63, 3.8) is 0 Å². The van der Waals surface area contributed by atoms with Crippen molar-refractivity contribution >= 4 is 11.3 Å². The van der Waals surface area contributed by atoms with Gasteiger partial charge in [-0.1, -0.05) is 0 Å². The maximum atomic E-state index is 6.02. The summed E-state index contributed by atoms with van der Waals surface area (Å²) in [6.45, 7) is 10.8. The fourth-order valence-corrected chi connectivity index (χ4v) is 3.65. The third-order valence-electron chi connectivity index (χ3n) is 4.10. The molecule has 18 heavy (non-hydrogen) atoms. The van der Waals surface area contributed by atoms with E-state index in [0.717, 1.165) is 19.6 Å². The van der Waals surface area contributed by atoms with Gasteiger partial charge >= 0.3 is 0 Å². The van der Waals surface area contributed by atoms with Crippen molar-refractivity contribution in [2.45, 2.75) is 32.4 Å². The van der Waals surface area contributed by atoms with E-state index in [-0.39, 0.29) is 5.54 Å². The number of hydrogen-bond acceptors (Lipinski definition) is 4. The lowest BCUT2D eigenvalue weighted by atomic mass is 9.98. The van der Waals surface area contributed by atoms with Crippen LogP contribution in [0.3, 0.4) is 0 Å². The Morgan fingerprint density at radius 1 is 1.39 bits per heavy atom. The Morgan fingerprint density at radius 2 is 2.11 bits per heavy atom. The minimum absolute atomic E-state index is 0.234. The number of piperazine rings is 1. The summed E-state index contributed by atoms with van der Waals surface area (Å²) in [6.07, 6.45) is 0. The number of hydrogen-bond donors (Lipinski definition) is 1. The Hall–Kier alpha value is -0.420. The van der Waals surface area contributed by atoms with Crippen LogP contribution in [0.5, 0.6) is 0 Å². The van der Waals surface area contributed by atoms with Crippen molar-refractivity contribution in [3.05, 3.63) is 21.9 Å². The van der Waals surface area contributed by atoms with Gasteiger partial charge in [0, 0.05) is 41.5 Å². The van der Waals surface area contributed by atoms with Crippen molar-refractivity contribution in [2.75, 3.05) is 33.2 Å². The fourth-order valence-electron chi connectivity index (χ4n) is 2.62. The van der Waals surface area contributed by atoms with Crippen LogP contribution in [0, 0.1) is 6.92 Å². The minimum Gasteiger partial charge on any atom is -0.329 e. The Balaban J connectivity index is 2.14. The maximum absolute atomic E-state index is 6.02. The van der Waals surface area contributed by atoms with Gasteiger partial charge in [0.25, 0.3) is 0 Å². The minimum atomic E-state index is 0.234. The standard InChI is InChI=1S/C14H25N3S/c1-11-5-6-13(18-11)12(9-15)17-8-7-16(4)14(2,3)10-17/h5-6,12H,7-10,15H2,1-4H3. The largest absolute Gasteiger partial charge is 0.329 e. The van der Waals surface area contributed by atoms with Crippen LogP contribution in [0.1, 0.15) is 29.6 Å². The van der Waals surface area contributed by atoms with Crippen LogP contribution >= 0.6 is 11.3 Å². The molecule has 0 radical (unpaired) electrons. The van der Waals surface area contributed by atoms with Gasteiger partial charge in [-0.15, -0.1) is 11.3 Å². The predicted octanol–water partition coefficient (Wildman–Crippen LogP) is 2.08. The molecule has 2 heterocycles. The highest BCUT2D eigenvalue weighted by Gasteiger charge is 2.34. The van der Waals surface area contributed by atoms with Crippen molar-refractivity contribution in [2.24, 2.45) is 5.73 Å². The summed E-state index contributed by atoms with van der Waals surface area (Å²) >= 11 is 1.88. The lowest BCUT2D eigenvalue weighted by Gasteiger charge is -2.47. The number of nitrogens with zero attached hydrogens (tertiary/aromatic N) is 2. The van der Waals surface area contributed by atoms with E-state index >= 15 is 0 Å². The number of aryl methyl sites for hydroxylation is 1. The van der Waals surface area contributed by atoms with E-state index in [4.69, 9.17) is 5.73 Å². The van der Waals surface area contributed by atoms with Crippen LogP contribution in [-0.2, 0) is 0 Å². The van der Waals surface area contributed by atoms with Gasteiger partial charge in [-0.3, -0.25) is 9.80 Å². The van der Waals surface area contributed by atoms with E-state index in [1.54, 1.807) is 0 Å². The molecule has 0 amide bonds. The molecule has 2 N–H and O–H groups in total. The smallest absolute Gasteiger partial charge is 0.0565 e. The molecular formula is C14H25N3S. The van der Waals surface area contributed by atoms with Crippen LogP contribution < -0.4 is 5.73 Å². The molecule has 1 aliphatic heterocycles. The summed E-state index contributed by atoms with van der Waals surface area (Å²) in [4.78, 5) is 7.77. The van der Waals surface area contributed by atoms with E-state index in [2.05, 4.69) is 49.8 Å². The number of thiophene rings is 1. The first-order chi connectivity index (χ1) is 8.44. The number of nitrogens with two attached hydrogens (primary N) is 1. The summed E-state index contributed by atoms with van der Waals surface area (Å²) in [7, 11) is 2.21. The van der Waals surface area contributed by atoms with Crippen molar-refractivity contribution in [1.82, 2.24) is 9.80 Å². The molecule has 0 saturated carbocycles. The van der Waals surface area contributed by atoms with Crippen LogP contribution in [0.25, 0.3) is 0 Å². The first-order valence-electron chi connectivity index (χ1n) is 6.66. The van der Waals surface area contributed by atoms with Crippen molar-refractivity contribution in [3.8, 4) is 0 Å². The van der Waals surface area contributed by atoms with Gasteiger partial charge in [0.2, 0.25) is 0 Å². The maximum Gasteiger partial charge on any atom is 0.0565 e. The third-order valence-corrected chi connectivity index (χ3v) is 5.20. The van der Waals surface area contributed by atoms with E-state index in [1.165, 1.54) is 9.75 Å². The Bertz CT molecular complexity index is 399. The zero-order valence-corrected chi connectivity index (χ0v) is 12.8. The zero-order valence-electron chi connectivity index (χ0n) is 11.9. The molecule has 1 aliphatic rings. The molecule has 0 aliphatic carbocycles. The van der Waals surface area contributed by atoms with Gasteiger partial charge < -0.3 is 5.73 Å². The van der Waals surface area contributed by atoms with Crippen LogP contribution in [-0.4, -0.2) is 48.6 Å². The fraction of sp³-hybridized carbons (Fsp3) is 0.714. The highest BCUT2D eigenvalue weighted by atomic mass is 32.1. The predicted molar refractivity (Wildman–Crippen MR) is 79.1 cm³/mol. The zero-order chi connectivity index (χ0) is 13.3. The van der Waals surface area contributed by atoms with Crippen LogP contribution in [0.4, 0.5) is 0 Å². The summed E-state index contributed by atoms with van der Waals surface area (Å²) in [5.74, 6) is 0. The Morgan fingerprint density at radius 3 is 2.61 bits per heavy atom. The first-order valence-corrected chi connectivity index (χ1v) is 7.47. The quantitative estimate of drug-likeness (QED) is 0.910. The van der Waals surface area contributed by atoms with Gasteiger partial charge in [0.05, 0.1) is 6.04 Å². The van der Waals surface area contributed by atoms with Crippen LogP contribution in [0.2, 0.25) is 0 Å². The van der Waals surface area contributed by atoms with Crippen LogP contribution in [0.15, 0.2) is 12.1 Å². The molecule has 0 aromatic carbocycles. The van der Waals surface area contributed by atoms with Gasteiger partial charge in [-0.25, -0.2) is 0 Å². The van der Waals surface area contributed by atoms with E-state index in [1.807, 2.05) is 11.3 Å². The molecule has 1 unspecified atom stereocenters.